The number of aromatic amines is 2. The lowest BCUT2D eigenvalue weighted by Gasteiger charge is -2.03. The average molecular weight is 350 g/mol. The van der Waals surface area contributed by atoms with Crippen LogP contribution < -0.4 is 5.73 Å². The third-order valence-electron chi connectivity index (χ3n) is 5.03. The summed E-state index contributed by atoms with van der Waals surface area (Å²) in [5.41, 5.74) is 12.3. The van der Waals surface area contributed by atoms with Crippen LogP contribution >= 0.6 is 0 Å². The van der Waals surface area contributed by atoms with Gasteiger partial charge in [-0.1, -0.05) is 0 Å². The van der Waals surface area contributed by atoms with E-state index in [1.54, 1.807) is 12.4 Å². The Bertz CT molecular complexity index is 1420. The van der Waals surface area contributed by atoms with Crippen molar-refractivity contribution in [1.82, 2.24) is 24.9 Å². The Morgan fingerprint density at radius 3 is 2.44 bits per heavy atom. The average Bonchev–Trinajstić information content (AvgIpc) is 3.32. The molecule has 0 aliphatic heterocycles. The van der Waals surface area contributed by atoms with Crippen molar-refractivity contribution >= 4 is 49.4 Å². The predicted octanol–water partition coefficient (Wildman–Crippen LogP) is 4.39. The molecule has 0 bridgehead atoms. The van der Waals surface area contributed by atoms with Gasteiger partial charge < -0.3 is 15.7 Å². The minimum absolute atomic E-state index is 0.726. The Morgan fingerprint density at radius 2 is 1.59 bits per heavy atom. The first kappa shape index (κ1) is 14.3. The SMILES string of the molecule is Nc1ccc2[nH]cc(-c3nc4c5cccnc5c5ncccc5c4[nH]3)c2c1. The number of anilines is 1. The summed E-state index contributed by atoms with van der Waals surface area (Å²) < 4.78 is 0. The molecule has 6 aromatic rings. The number of nitrogens with zero attached hydrogens (tertiary/aromatic N) is 3. The first-order valence-electron chi connectivity index (χ1n) is 8.68. The number of rotatable bonds is 1. The van der Waals surface area contributed by atoms with Crippen molar-refractivity contribution in [3.8, 4) is 11.4 Å². The fraction of sp³-hybridized carbons (Fsp3) is 0. The maximum Gasteiger partial charge on any atom is 0.140 e. The molecule has 0 saturated carbocycles. The van der Waals surface area contributed by atoms with Crippen molar-refractivity contribution in [2.45, 2.75) is 0 Å². The highest BCUT2D eigenvalue weighted by Crippen LogP contribution is 2.35. The van der Waals surface area contributed by atoms with Crippen LogP contribution in [0.4, 0.5) is 5.69 Å². The molecule has 4 N–H and O–H groups in total. The van der Waals surface area contributed by atoms with Crippen molar-refractivity contribution in [3.05, 3.63) is 61.1 Å². The predicted molar refractivity (Wildman–Crippen MR) is 108 cm³/mol. The molecule has 0 saturated heterocycles. The van der Waals surface area contributed by atoms with Gasteiger partial charge in [0.25, 0.3) is 0 Å². The van der Waals surface area contributed by atoms with Crippen LogP contribution in [-0.4, -0.2) is 24.9 Å². The fourth-order valence-corrected chi connectivity index (χ4v) is 3.81. The second-order valence-electron chi connectivity index (χ2n) is 6.62. The fourth-order valence-electron chi connectivity index (χ4n) is 3.81. The number of imidazole rings is 1. The molecule has 0 spiro atoms. The molecule has 0 fully saturated rings. The van der Waals surface area contributed by atoms with Gasteiger partial charge in [-0.2, -0.15) is 0 Å². The van der Waals surface area contributed by atoms with E-state index in [0.717, 1.165) is 60.8 Å². The number of H-pyrrole nitrogens is 2. The zero-order valence-corrected chi connectivity index (χ0v) is 14.2. The van der Waals surface area contributed by atoms with E-state index in [-0.39, 0.29) is 0 Å². The van der Waals surface area contributed by atoms with Gasteiger partial charge in [-0.25, -0.2) is 4.98 Å². The Labute approximate surface area is 153 Å². The number of pyridine rings is 2. The molecule has 2 aromatic carbocycles. The van der Waals surface area contributed by atoms with Gasteiger partial charge in [-0.15, -0.1) is 0 Å². The molecule has 0 aliphatic carbocycles. The van der Waals surface area contributed by atoms with E-state index in [4.69, 9.17) is 10.7 Å². The summed E-state index contributed by atoms with van der Waals surface area (Å²) in [6.45, 7) is 0. The molecule has 27 heavy (non-hydrogen) atoms. The molecule has 0 aliphatic rings. The van der Waals surface area contributed by atoms with Crippen LogP contribution in [0.5, 0.6) is 0 Å². The van der Waals surface area contributed by atoms with E-state index in [1.807, 2.05) is 48.7 Å². The normalized spacial score (nSPS) is 11.9. The monoisotopic (exact) mass is 350 g/mol. The maximum absolute atomic E-state index is 5.99. The van der Waals surface area contributed by atoms with E-state index in [2.05, 4.69) is 19.9 Å². The number of aromatic nitrogens is 5. The third-order valence-corrected chi connectivity index (χ3v) is 5.03. The maximum atomic E-state index is 5.99. The summed E-state index contributed by atoms with van der Waals surface area (Å²) in [7, 11) is 0. The van der Waals surface area contributed by atoms with Gasteiger partial charge in [0.1, 0.15) is 5.82 Å². The number of hydrogen-bond donors (Lipinski definition) is 3. The number of nitrogens with two attached hydrogens (primary N) is 1. The van der Waals surface area contributed by atoms with E-state index in [0.29, 0.717) is 0 Å². The Balaban J connectivity index is 1.76. The molecular formula is C21H14N6. The van der Waals surface area contributed by atoms with E-state index < -0.39 is 0 Å². The Hall–Kier alpha value is -3.93. The van der Waals surface area contributed by atoms with E-state index in [9.17, 15) is 0 Å². The number of nitrogen functional groups attached to an aromatic ring is 1. The zero-order valence-electron chi connectivity index (χ0n) is 14.2. The summed E-state index contributed by atoms with van der Waals surface area (Å²) in [5, 5.41) is 3.04. The minimum atomic E-state index is 0.726. The molecule has 4 aromatic heterocycles. The molecule has 4 heterocycles. The van der Waals surface area contributed by atoms with Gasteiger partial charge in [0.05, 0.1) is 22.1 Å². The van der Waals surface area contributed by atoms with Crippen molar-refractivity contribution in [3.63, 3.8) is 0 Å². The highest BCUT2D eigenvalue weighted by Gasteiger charge is 2.16. The number of benzene rings is 2. The molecule has 0 radical (unpaired) electrons. The molecule has 128 valence electrons. The zero-order chi connectivity index (χ0) is 18.0. The summed E-state index contributed by atoms with van der Waals surface area (Å²) in [5.74, 6) is 0.795. The first-order valence-corrected chi connectivity index (χ1v) is 8.68. The third kappa shape index (κ3) is 1.92. The molecule has 6 nitrogen and oxygen atoms in total. The lowest BCUT2D eigenvalue weighted by Crippen LogP contribution is -1.86. The summed E-state index contributed by atoms with van der Waals surface area (Å²) >= 11 is 0. The van der Waals surface area contributed by atoms with Crippen LogP contribution in [0.3, 0.4) is 0 Å². The second-order valence-corrected chi connectivity index (χ2v) is 6.62. The smallest absolute Gasteiger partial charge is 0.140 e. The molecular weight excluding hydrogens is 336 g/mol. The molecule has 6 rings (SSSR count). The van der Waals surface area contributed by atoms with Gasteiger partial charge in [-0.05, 0) is 42.5 Å². The Kier molecular flexibility index (Phi) is 2.66. The van der Waals surface area contributed by atoms with Crippen molar-refractivity contribution in [2.75, 3.05) is 5.73 Å². The number of fused-ring (bicyclic) bond motifs is 7. The van der Waals surface area contributed by atoms with Crippen LogP contribution in [0.2, 0.25) is 0 Å². The van der Waals surface area contributed by atoms with Crippen LogP contribution in [0, 0.1) is 0 Å². The van der Waals surface area contributed by atoms with Gasteiger partial charge in [-0.3, -0.25) is 9.97 Å². The topological polar surface area (TPSA) is 96.3 Å². The molecule has 0 unspecified atom stereocenters. The first-order chi connectivity index (χ1) is 13.3. The molecule has 0 atom stereocenters. The van der Waals surface area contributed by atoms with Gasteiger partial charge in [0, 0.05) is 51.5 Å². The lowest BCUT2D eigenvalue weighted by atomic mass is 10.1. The van der Waals surface area contributed by atoms with Gasteiger partial charge >= 0.3 is 0 Å². The van der Waals surface area contributed by atoms with E-state index in [1.165, 1.54) is 0 Å². The minimum Gasteiger partial charge on any atom is -0.399 e. The molecule has 0 amide bonds. The van der Waals surface area contributed by atoms with Crippen LogP contribution in [0.1, 0.15) is 0 Å². The van der Waals surface area contributed by atoms with Gasteiger partial charge in [0.2, 0.25) is 0 Å². The summed E-state index contributed by atoms with van der Waals surface area (Å²) in [6.07, 6.45) is 5.54. The van der Waals surface area contributed by atoms with Crippen LogP contribution in [0.15, 0.2) is 61.1 Å². The number of hydrogen-bond acceptors (Lipinski definition) is 4. The standard InChI is InChI=1S/C21H14N6/c22-11-5-6-16-14(9-11)15(10-25-16)21-26-19-12-3-1-7-23-17(12)18-13(20(19)27-21)4-2-8-24-18/h1-10,25H,22H2,(H,26,27). The summed E-state index contributed by atoms with van der Waals surface area (Å²) in [4.78, 5) is 20.8. The van der Waals surface area contributed by atoms with Crippen molar-refractivity contribution in [2.24, 2.45) is 0 Å². The highest BCUT2D eigenvalue weighted by molar-refractivity contribution is 6.21. The van der Waals surface area contributed by atoms with Crippen LogP contribution in [-0.2, 0) is 0 Å². The second kappa shape index (κ2) is 5.04. The quantitative estimate of drug-likeness (QED) is 0.303. The van der Waals surface area contributed by atoms with Crippen LogP contribution in [0.25, 0.3) is 55.1 Å². The number of nitrogens with one attached hydrogen (secondary N) is 2. The van der Waals surface area contributed by atoms with Crippen molar-refractivity contribution in [1.29, 1.82) is 0 Å². The largest absolute Gasteiger partial charge is 0.399 e. The lowest BCUT2D eigenvalue weighted by molar-refractivity contribution is 1.34. The van der Waals surface area contributed by atoms with Crippen molar-refractivity contribution < 1.29 is 0 Å². The Morgan fingerprint density at radius 1 is 0.815 bits per heavy atom. The summed E-state index contributed by atoms with van der Waals surface area (Å²) in [6, 6.07) is 13.8. The highest BCUT2D eigenvalue weighted by atomic mass is 14.9. The van der Waals surface area contributed by atoms with E-state index >= 15 is 0 Å². The molecule has 6 heteroatoms. The van der Waals surface area contributed by atoms with Gasteiger partial charge in [0.15, 0.2) is 0 Å².